The smallest absolute Gasteiger partial charge is 0.223 e. The van der Waals surface area contributed by atoms with Crippen LogP contribution in [0.3, 0.4) is 0 Å². The molecule has 0 aliphatic carbocycles. The number of carbonyl (C=O) groups is 1. The van der Waals surface area contributed by atoms with E-state index in [2.05, 4.69) is 24.3 Å². The molecule has 3 rings (SSSR count). The maximum atomic E-state index is 12.9. The molecule has 0 saturated heterocycles. The lowest BCUT2D eigenvalue weighted by molar-refractivity contribution is -0.132. The zero-order chi connectivity index (χ0) is 20.5. The maximum absolute atomic E-state index is 12.9. The number of methoxy groups -OCH3 is 1. The molecule has 0 aliphatic heterocycles. The molecule has 3 aromatic rings. The second kappa shape index (κ2) is 10.3. The summed E-state index contributed by atoms with van der Waals surface area (Å²) in [6.07, 6.45) is 4.50. The Labute approximate surface area is 173 Å². The van der Waals surface area contributed by atoms with E-state index in [0.29, 0.717) is 13.0 Å². The van der Waals surface area contributed by atoms with Crippen molar-refractivity contribution in [1.82, 2.24) is 4.90 Å². The summed E-state index contributed by atoms with van der Waals surface area (Å²) in [6.45, 7) is 2.42. The van der Waals surface area contributed by atoms with Gasteiger partial charge in [0.2, 0.25) is 5.91 Å². The minimum absolute atomic E-state index is 0.118. The normalized spacial score (nSPS) is 11.0. The van der Waals surface area contributed by atoms with E-state index in [1.807, 2.05) is 84.6 Å². The Morgan fingerprint density at radius 3 is 2.00 bits per heavy atom. The molecule has 0 heterocycles. The number of amides is 1. The van der Waals surface area contributed by atoms with Crippen LogP contribution in [0, 0.1) is 0 Å². The number of rotatable bonds is 8. The average Bonchev–Trinajstić information content (AvgIpc) is 2.79. The minimum Gasteiger partial charge on any atom is -0.496 e. The van der Waals surface area contributed by atoms with Crippen LogP contribution in [-0.4, -0.2) is 24.5 Å². The molecule has 0 aromatic heterocycles. The zero-order valence-corrected chi connectivity index (χ0v) is 17.0. The largest absolute Gasteiger partial charge is 0.496 e. The van der Waals surface area contributed by atoms with Crippen molar-refractivity contribution < 1.29 is 9.53 Å². The predicted octanol–water partition coefficient (Wildman–Crippen LogP) is 5.74. The van der Waals surface area contributed by atoms with Crippen LogP contribution in [0.5, 0.6) is 5.75 Å². The van der Waals surface area contributed by atoms with Crippen LogP contribution in [0.1, 0.15) is 36.1 Å². The van der Waals surface area contributed by atoms with Crippen LogP contribution in [0.2, 0.25) is 0 Å². The molecule has 0 bridgehead atoms. The van der Waals surface area contributed by atoms with Gasteiger partial charge in [-0.05, 0) is 17.2 Å². The Hall–Kier alpha value is -3.33. The number of hydrogen-bond acceptors (Lipinski definition) is 2. The number of hydrogen-bond donors (Lipinski definition) is 0. The first kappa shape index (κ1) is 20.4. The summed E-state index contributed by atoms with van der Waals surface area (Å²) in [5.74, 6) is 0.937. The molecular formula is C26H27NO2. The molecule has 3 heteroatoms. The highest BCUT2D eigenvalue weighted by Crippen LogP contribution is 2.29. The molecule has 0 N–H and O–H groups in total. The third-order valence-electron chi connectivity index (χ3n) is 4.90. The van der Waals surface area contributed by atoms with Gasteiger partial charge >= 0.3 is 0 Å². The van der Waals surface area contributed by atoms with Gasteiger partial charge in [-0.15, -0.1) is 0 Å². The Morgan fingerprint density at radius 1 is 0.897 bits per heavy atom. The van der Waals surface area contributed by atoms with Crippen molar-refractivity contribution in [3.8, 4) is 5.75 Å². The lowest BCUT2D eigenvalue weighted by atomic mass is 9.96. The monoisotopic (exact) mass is 385 g/mol. The maximum Gasteiger partial charge on any atom is 0.223 e. The Morgan fingerprint density at radius 2 is 1.45 bits per heavy atom. The summed E-state index contributed by atoms with van der Waals surface area (Å²) in [6, 6.07) is 28.1. The van der Waals surface area contributed by atoms with Crippen molar-refractivity contribution in [1.29, 1.82) is 0 Å². The predicted molar refractivity (Wildman–Crippen MR) is 119 cm³/mol. The molecule has 1 amide bonds. The highest BCUT2D eigenvalue weighted by Gasteiger charge is 2.24. The minimum atomic E-state index is -0.132. The lowest BCUT2D eigenvalue weighted by Crippen LogP contribution is -2.35. The van der Waals surface area contributed by atoms with Crippen LogP contribution < -0.4 is 4.74 Å². The molecule has 0 radical (unpaired) electrons. The number of nitrogens with zero attached hydrogens (tertiary/aromatic N) is 1. The second-order valence-electron chi connectivity index (χ2n) is 6.77. The van der Waals surface area contributed by atoms with E-state index in [0.717, 1.165) is 22.4 Å². The summed E-state index contributed by atoms with van der Waals surface area (Å²) in [5.41, 5.74) is 3.20. The summed E-state index contributed by atoms with van der Waals surface area (Å²) in [4.78, 5) is 14.9. The molecule has 0 saturated carbocycles. The van der Waals surface area contributed by atoms with E-state index in [4.69, 9.17) is 4.74 Å². The molecule has 3 nitrogen and oxygen atoms in total. The molecule has 29 heavy (non-hydrogen) atoms. The standard InChI is InChI=1S/C26H27NO2/c1-3-25(28)27(20-12-18-21-13-10-11-19-24(21)29-2)26(22-14-6-4-7-15-22)23-16-8-5-9-17-23/h4-19,26H,3,20H2,1-2H3/b18-12+. The third kappa shape index (κ3) is 5.14. The van der Waals surface area contributed by atoms with E-state index < -0.39 is 0 Å². The third-order valence-corrected chi connectivity index (χ3v) is 4.90. The Bertz CT molecular complexity index is 896. The quantitative estimate of drug-likeness (QED) is 0.495. The number of carbonyl (C=O) groups excluding carboxylic acids is 1. The number of ether oxygens (including phenoxy) is 1. The summed E-state index contributed by atoms with van der Waals surface area (Å²) in [5, 5.41) is 0. The topological polar surface area (TPSA) is 29.5 Å². The van der Waals surface area contributed by atoms with Gasteiger partial charge in [0.05, 0.1) is 13.2 Å². The fourth-order valence-corrected chi connectivity index (χ4v) is 3.47. The van der Waals surface area contributed by atoms with Gasteiger partial charge in [0.15, 0.2) is 0 Å². The second-order valence-corrected chi connectivity index (χ2v) is 6.77. The van der Waals surface area contributed by atoms with Gasteiger partial charge in [0.25, 0.3) is 0 Å². The molecule has 0 unspecified atom stereocenters. The SMILES string of the molecule is CCC(=O)N(C/C=C/c1ccccc1OC)C(c1ccccc1)c1ccccc1. The molecule has 0 aliphatic rings. The van der Waals surface area contributed by atoms with Crippen LogP contribution in [0.15, 0.2) is 91.0 Å². The average molecular weight is 386 g/mol. The highest BCUT2D eigenvalue weighted by atomic mass is 16.5. The first-order valence-corrected chi connectivity index (χ1v) is 9.93. The Kier molecular flexibility index (Phi) is 7.23. The van der Waals surface area contributed by atoms with Crippen LogP contribution in [0.4, 0.5) is 0 Å². The van der Waals surface area contributed by atoms with Crippen molar-refractivity contribution in [3.05, 3.63) is 108 Å². The zero-order valence-electron chi connectivity index (χ0n) is 17.0. The van der Waals surface area contributed by atoms with E-state index in [1.165, 1.54) is 0 Å². The van der Waals surface area contributed by atoms with E-state index in [1.54, 1.807) is 7.11 Å². The number of para-hydroxylation sites is 1. The van der Waals surface area contributed by atoms with E-state index in [-0.39, 0.29) is 11.9 Å². The van der Waals surface area contributed by atoms with Crippen molar-refractivity contribution in [2.75, 3.05) is 13.7 Å². The molecule has 3 aromatic carbocycles. The molecule has 0 fully saturated rings. The van der Waals surface area contributed by atoms with Crippen LogP contribution >= 0.6 is 0 Å². The fraction of sp³-hybridized carbons (Fsp3) is 0.192. The van der Waals surface area contributed by atoms with Crippen molar-refractivity contribution >= 4 is 12.0 Å². The molecule has 0 atom stereocenters. The van der Waals surface area contributed by atoms with Gasteiger partial charge in [-0.25, -0.2) is 0 Å². The molecule has 0 spiro atoms. The summed E-state index contributed by atoms with van der Waals surface area (Å²) < 4.78 is 5.43. The summed E-state index contributed by atoms with van der Waals surface area (Å²) in [7, 11) is 1.67. The van der Waals surface area contributed by atoms with Gasteiger partial charge in [-0.3, -0.25) is 4.79 Å². The van der Waals surface area contributed by atoms with Crippen LogP contribution in [-0.2, 0) is 4.79 Å². The highest BCUT2D eigenvalue weighted by molar-refractivity contribution is 5.77. The fourth-order valence-electron chi connectivity index (χ4n) is 3.47. The van der Waals surface area contributed by atoms with Gasteiger partial charge in [0.1, 0.15) is 5.75 Å². The first-order chi connectivity index (χ1) is 14.2. The summed E-state index contributed by atoms with van der Waals surface area (Å²) >= 11 is 0. The Balaban J connectivity index is 1.94. The van der Waals surface area contributed by atoms with Gasteiger partial charge in [-0.2, -0.15) is 0 Å². The molecule has 148 valence electrons. The van der Waals surface area contributed by atoms with Crippen molar-refractivity contribution in [2.24, 2.45) is 0 Å². The van der Waals surface area contributed by atoms with Gasteiger partial charge in [0, 0.05) is 18.5 Å². The van der Waals surface area contributed by atoms with E-state index >= 15 is 0 Å². The van der Waals surface area contributed by atoms with Crippen LogP contribution in [0.25, 0.3) is 6.08 Å². The first-order valence-electron chi connectivity index (χ1n) is 9.93. The molecular weight excluding hydrogens is 358 g/mol. The van der Waals surface area contributed by atoms with E-state index in [9.17, 15) is 4.79 Å². The van der Waals surface area contributed by atoms with Crippen molar-refractivity contribution in [2.45, 2.75) is 19.4 Å². The number of benzene rings is 3. The van der Waals surface area contributed by atoms with Gasteiger partial charge in [-0.1, -0.05) is 97.9 Å². The van der Waals surface area contributed by atoms with Crippen molar-refractivity contribution in [3.63, 3.8) is 0 Å². The van der Waals surface area contributed by atoms with Gasteiger partial charge < -0.3 is 9.64 Å². The lowest BCUT2D eigenvalue weighted by Gasteiger charge is -2.32.